The number of benzene rings is 2. The molecule has 1 N–H and O–H groups in total. The van der Waals surface area contributed by atoms with E-state index in [9.17, 15) is 20.0 Å². The van der Waals surface area contributed by atoms with Crippen LogP contribution in [0, 0.1) is 25.2 Å². The number of amides is 1. The van der Waals surface area contributed by atoms with Crippen LogP contribution in [0.15, 0.2) is 48.0 Å². The Morgan fingerprint density at radius 3 is 2.38 bits per heavy atom. The van der Waals surface area contributed by atoms with Gasteiger partial charge in [-0.15, -0.1) is 0 Å². The number of aromatic carboxylic acids is 1. The number of carboxylic acid groups (broad SMARTS) is 1. The van der Waals surface area contributed by atoms with E-state index in [1.807, 2.05) is 38.1 Å². The maximum Gasteiger partial charge on any atom is 0.266 e. The first-order valence-corrected chi connectivity index (χ1v) is 7.22. The van der Waals surface area contributed by atoms with Crippen LogP contribution in [0.25, 0.3) is 6.08 Å². The average molecular weight is 319 g/mol. The first kappa shape index (κ1) is 17.0. The van der Waals surface area contributed by atoms with Crippen LogP contribution in [-0.2, 0) is 4.79 Å². The summed E-state index contributed by atoms with van der Waals surface area (Å²) in [5.41, 5.74) is 3.16. The highest BCUT2D eigenvalue weighted by Crippen LogP contribution is 2.16. The number of hydrogen-bond acceptors (Lipinski definition) is 4. The number of nitrogens with one attached hydrogen (secondary N) is 1. The van der Waals surface area contributed by atoms with E-state index in [1.54, 1.807) is 0 Å². The van der Waals surface area contributed by atoms with Crippen LogP contribution in [0.5, 0.6) is 0 Å². The van der Waals surface area contributed by atoms with Crippen molar-refractivity contribution in [2.45, 2.75) is 13.8 Å². The molecule has 0 unspecified atom stereocenters. The monoisotopic (exact) mass is 319 g/mol. The molecule has 2 aromatic rings. The maximum atomic E-state index is 12.2. The second-order valence-electron chi connectivity index (χ2n) is 5.35. The van der Waals surface area contributed by atoms with Crippen molar-refractivity contribution in [3.05, 3.63) is 70.3 Å². The smallest absolute Gasteiger partial charge is 0.266 e. The van der Waals surface area contributed by atoms with Crippen molar-refractivity contribution >= 4 is 23.6 Å². The van der Waals surface area contributed by atoms with Gasteiger partial charge in [0, 0.05) is 5.69 Å². The van der Waals surface area contributed by atoms with Gasteiger partial charge in [0.1, 0.15) is 11.6 Å². The van der Waals surface area contributed by atoms with Crippen LogP contribution in [0.4, 0.5) is 5.69 Å². The Hall–Kier alpha value is -3.39. The summed E-state index contributed by atoms with van der Waals surface area (Å²) in [4.78, 5) is 22.9. The van der Waals surface area contributed by atoms with Gasteiger partial charge in [-0.1, -0.05) is 35.9 Å². The van der Waals surface area contributed by atoms with Crippen molar-refractivity contribution in [3.63, 3.8) is 0 Å². The zero-order valence-corrected chi connectivity index (χ0v) is 13.3. The molecule has 0 spiro atoms. The minimum atomic E-state index is -1.29. The van der Waals surface area contributed by atoms with E-state index in [2.05, 4.69) is 5.32 Å². The lowest BCUT2D eigenvalue weighted by Gasteiger charge is -2.07. The third-order valence-electron chi connectivity index (χ3n) is 3.48. The molecule has 0 saturated heterocycles. The van der Waals surface area contributed by atoms with Crippen LogP contribution >= 0.6 is 0 Å². The summed E-state index contributed by atoms with van der Waals surface area (Å²) in [6.07, 6.45) is 1.53. The van der Waals surface area contributed by atoms with Crippen molar-refractivity contribution in [3.8, 4) is 6.07 Å². The van der Waals surface area contributed by atoms with Gasteiger partial charge >= 0.3 is 0 Å². The molecule has 1 amide bonds. The molecule has 0 saturated carbocycles. The number of nitrogens with zero attached hydrogens (tertiary/aromatic N) is 1. The summed E-state index contributed by atoms with van der Waals surface area (Å²) >= 11 is 0. The highest BCUT2D eigenvalue weighted by atomic mass is 16.4. The number of hydrogen-bond donors (Lipinski definition) is 1. The molecule has 5 heteroatoms. The molecule has 2 aromatic carbocycles. The minimum Gasteiger partial charge on any atom is -0.545 e. The molecule has 0 heterocycles. The molecule has 0 fully saturated rings. The molecule has 0 aliphatic heterocycles. The molecule has 0 aliphatic carbocycles. The van der Waals surface area contributed by atoms with Gasteiger partial charge in [0.15, 0.2) is 0 Å². The number of carboxylic acids is 1. The summed E-state index contributed by atoms with van der Waals surface area (Å²) < 4.78 is 0. The van der Waals surface area contributed by atoms with Gasteiger partial charge in [0.25, 0.3) is 5.91 Å². The topological polar surface area (TPSA) is 93.0 Å². The second kappa shape index (κ2) is 7.25. The molecule has 0 bridgehead atoms. The number of rotatable bonds is 4. The van der Waals surface area contributed by atoms with Crippen LogP contribution in [0.2, 0.25) is 0 Å². The Morgan fingerprint density at radius 2 is 1.79 bits per heavy atom. The number of carbonyl (C=O) groups is 2. The largest absolute Gasteiger partial charge is 0.545 e. The number of anilines is 1. The fraction of sp³-hybridized carbons (Fsp3) is 0.105. The number of aryl methyl sites for hydroxylation is 2. The first-order valence-electron chi connectivity index (χ1n) is 7.22. The summed E-state index contributed by atoms with van der Waals surface area (Å²) in [7, 11) is 0. The first-order chi connectivity index (χ1) is 11.4. The van der Waals surface area contributed by atoms with Crippen LogP contribution in [0.3, 0.4) is 0 Å². The third kappa shape index (κ3) is 4.08. The minimum absolute atomic E-state index is 0.0134. The zero-order chi connectivity index (χ0) is 17.7. The fourth-order valence-electron chi connectivity index (χ4n) is 2.11. The molecule has 5 nitrogen and oxygen atoms in total. The van der Waals surface area contributed by atoms with E-state index in [0.29, 0.717) is 5.69 Å². The molecule has 0 atom stereocenters. The lowest BCUT2D eigenvalue weighted by atomic mass is 10.0. The Bertz CT molecular complexity index is 859. The summed E-state index contributed by atoms with van der Waals surface area (Å²) in [6, 6.07) is 13.2. The van der Waals surface area contributed by atoms with Gasteiger partial charge in [-0.05, 0) is 48.7 Å². The van der Waals surface area contributed by atoms with Gasteiger partial charge in [0.2, 0.25) is 0 Å². The SMILES string of the molecule is Cc1ccc(C)c(/C=C(\C#N)C(=O)Nc2ccc(C(=O)[O-])cc2)c1. The lowest BCUT2D eigenvalue weighted by molar-refractivity contribution is -0.255. The van der Waals surface area contributed by atoms with Crippen molar-refractivity contribution in [1.82, 2.24) is 0 Å². The summed E-state index contributed by atoms with van der Waals surface area (Å²) in [5, 5.41) is 22.5. The zero-order valence-electron chi connectivity index (χ0n) is 13.3. The molecule has 120 valence electrons. The van der Waals surface area contributed by atoms with E-state index in [1.165, 1.54) is 30.3 Å². The van der Waals surface area contributed by atoms with Gasteiger partial charge in [0.05, 0.1) is 5.97 Å². The van der Waals surface area contributed by atoms with E-state index in [0.717, 1.165) is 16.7 Å². The molecular formula is C19H15N2O3-. The van der Waals surface area contributed by atoms with Crippen molar-refractivity contribution in [1.29, 1.82) is 5.26 Å². The van der Waals surface area contributed by atoms with E-state index >= 15 is 0 Å². The molecule has 0 radical (unpaired) electrons. The standard InChI is InChI=1S/C19H16N2O3/c1-12-3-4-13(2)15(9-12)10-16(11-20)18(22)21-17-7-5-14(6-8-17)19(23)24/h3-10H,1-2H3,(H,21,22)(H,23,24)/p-1/b16-10+. The Morgan fingerprint density at radius 1 is 1.12 bits per heavy atom. The van der Waals surface area contributed by atoms with Gasteiger partial charge in [-0.3, -0.25) is 4.79 Å². The molecule has 0 aromatic heterocycles. The Balaban J connectivity index is 2.23. The van der Waals surface area contributed by atoms with Crippen LogP contribution in [0.1, 0.15) is 27.0 Å². The van der Waals surface area contributed by atoms with Crippen molar-refractivity contribution < 1.29 is 14.7 Å². The summed E-state index contributed by atoms with van der Waals surface area (Å²) in [6.45, 7) is 3.83. The van der Waals surface area contributed by atoms with E-state index < -0.39 is 11.9 Å². The van der Waals surface area contributed by atoms with Gasteiger partial charge < -0.3 is 15.2 Å². The van der Waals surface area contributed by atoms with Crippen LogP contribution < -0.4 is 10.4 Å². The van der Waals surface area contributed by atoms with E-state index in [4.69, 9.17) is 0 Å². The lowest BCUT2D eigenvalue weighted by Crippen LogP contribution is -2.22. The normalized spacial score (nSPS) is 10.8. The Labute approximate surface area is 139 Å². The Kier molecular flexibility index (Phi) is 5.13. The van der Waals surface area contributed by atoms with Gasteiger partial charge in [-0.2, -0.15) is 5.26 Å². The van der Waals surface area contributed by atoms with Crippen LogP contribution in [-0.4, -0.2) is 11.9 Å². The van der Waals surface area contributed by atoms with Crippen molar-refractivity contribution in [2.75, 3.05) is 5.32 Å². The van der Waals surface area contributed by atoms with E-state index in [-0.39, 0.29) is 11.1 Å². The molecular weight excluding hydrogens is 304 g/mol. The number of nitriles is 1. The predicted molar refractivity (Wildman–Crippen MR) is 88.9 cm³/mol. The molecule has 24 heavy (non-hydrogen) atoms. The summed E-state index contributed by atoms with van der Waals surface area (Å²) in [5.74, 6) is -1.85. The fourth-order valence-corrected chi connectivity index (χ4v) is 2.11. The van der Waals surface area contributed by atoms with Crippen molar-refractivity contribution in [2.24, 2.45) is 0 Å². The highest BCUT2D eigenvalue weighted by molar-refractivity contribution is 6.09. The predicted octanol–water partition coefficient (Wildman–Crippen LogP) is 2.21. The third-order valence-corrected chi connectivity index (χ3v) is 3.48. The molecule has 0 aliphatic rings. The quantitative estimate of drug-likeness (QED) is 0.690. The highest BCUT2D eigenvalue weighted by Gasteiger charge is 2.10. The number of carbonyl (C=O) groups excluding carboxylic acids is 2. The average Bonchev–Trinajstić information content (AvgIpc) is 2.56. The molecule has 2 rings (SSSR count). The van der Waals surface area contributed by atoms with Gasteiger partial charge in [-0.25, -0.2) is 0 Å². The second-order valence-corrected chi connectivity index (χ2v) is 5.35. The maximum absolute atomic E-state index is 12.2.